The van der Waals surface area contributed by atoms with Crippen molar-refractivity contribution in [1.29, 1.82) is 0 Å². The number of anilines is 2. The smallest absolute Gasteiger partial charge is 0.262 e. The number of halogens is 1. The van der Waals surface area contributed by atoms with Gasteiger partial charge in [-0.15, -0.1) is 0 Å². The summed E-state index contributed by atoms with van der Waals surface area (Å²) in [4.78, 5) is 103. The molecule has 0 radical (unpaired) electrons. The van der Waals surface area contributed by atoms with E-state index >= 15 is 4.39 Å². The minimum atomic E-state index is -1.10. The number of likely N-dealkylation sites (tertiary alicyclic amines) is 1. The predicted octanol–water partition coefficient (Wildman–Crippen LogP) is 2.87. The van der Waals surface area contributed by atoms with Crippen LogP contribution in [0.5, 0.6) is 0 Å². The molecule has 3 N–H and O–H groups in total. The molecule has 2 aromatic heterocycles. The van der Waals surface area contributed by atoms with E-state index in [1.807, 2.05) is 53.4 Å². The second-order valence-electron chi connectivity index (χ2n) is 18.4. The van der Waals surface area contributed by atoms with Gasteiger partial charge in [-0.3, -0.25) is 54.1 Å². The molecule has 18 heteroatoms. The zero-order valence-electron chi connectivity index (χ0n) is 36.9. The molecule has 17 nitrogen and oxygen atoms in total. The number of piperidine rings is 2. The lowest BCUT2D eigenvalue weighted by Crippen LogP contribution is -2.54. The van der Waals surface area contributed by atoms with Gasteiger partial charge in [0.05, 0.1) is 39.2 Å². The highest BCUT2D eigenvalue weighted by Gasteiger charge is 2.45. The number of nitrogens with zero attached hydrogens (tertiary/aromatic N) is 8. The molecule has 6 aliphatic rings. The van der Waals surface area contributed by atoms with Crippen molar-refractivity contribution >= 4 is 80.0 Å². The molecule has 67 heavy (non-hydrogen) atoms. The van der Waals surface area contributed by atoms with E-state index in [0.29, 0.717) is 52.7 Å². The van der Waals surface area contributed by atoms with Gasteiger partial charge < -0.3 is 19.7 Å². The number of hydrogen-bond donors (Lipinski definition) is 3. The fourth-order valence-electron chi connectivity index (χ4n) is 10.7. The summed E-state index contributed by atoms with van der Waals surface area (Å²) in [5.74, 6) is -2.88. The van der Waals surface area contributed by atoms with Gasteiger partial charge in [0.25, 0.3) is 23.6 Å². The maximum Gasteiger partial charge on any atom is 0.262 e. The van der Waals surface area contributed by atoms with E-state index < -0.39 is 47.3 Å². The summed E-state index contributed by atoms with van der Waals surface area (Å²) < 4.78 is 15.5. The fraction of sp³-hybridized carbons (Fsp3) is 0.388. The molecular weight excluding hydrogens is 858 g/mol. The molecule has 4 fully saturated rings. The van der Waals surface area contributed by atoms with Gasteiger partial charge in [0.15, 0.2) is 0 Å². The Morgan fingerprint density at radius 2 is 1.27 bits per heavy atom. The lowest BCUT2D eigenvalue weighted by Gasteiger charge is -2.40. The maximum absolute atomic E-state index is 15.5. The van der Waals surface area contributed by atoms with Crippen LogP contribution in [0.2, 0.25) is 0 Å². The number of piperazine rings is 2. The normalized spacial score (nSPS) is 21.6. The molecule has 0 bridgehead atoms. The largest absolute Gasteiger partial charge is 0.367 e. The van der Waals surface area contributed by atoms with Crippen LogP contribution in [-0.4, -0.2) is 161 Å². The number of imide groups is 3. The van der Waals surface area contributed by atoms with Crippen LogP contribution >= 0.6 is 0 Å². The summed E-state index contributed by atoms with van der Waals surface area (Å²) in [5.41, 5.74) is 3.55. The number of H-pyrrole nitrogens is 1. The summed E-state index contributed by atoms with van der Waals surface area (Å²) in [6.07, 6.45) is 4.06. The quantitative estimate of drug-likeness (QED) is 0.174. The summed E-state index contributed by atoms with van der Waals surface area (Å²) in [7, 11) is 0. The van der Waals surface area contributed by atoms with Gasteiger partial charge in [-0.2, -0.15) is 0 Å². The van der Waals surface area contributed by atoms with Gasteiger partial charge in [-0.1, -0.05) is 36.4 Å². The molecule has 0 aliphatic carbocycles. The number of nitrogens with one attached hydrogen (secondary N) is 3. The number of aromatic amines is 1. The molecule has 344 valence electrons. The lowest BCUT2D eigenvalue weighted by molar-refractivity contribution is -0.136. The zero-order valence-corrected chi connectivity index (χ0v) is 36.9. The summed E-state index contributed by atoms with van der Waals surface area (Å²) >= 11 is 0. The third-order valence-corrected chi connectivity index (χ3v) is 14.4. The number of para-hydroxylation sites is 2. The molecular formula is C49H50FN11O6. The molecule has 1 unspecified atom stereocenters. The second kappa shape index (κ2) is 17.4. The number of hydrogen-bond acceptors (Lipinski definition) is 13. The Bertz CT molecular complexity index is 2910. The average molecular weight is 908 g/mol. The van der Waals surface area contributed by atoms with E-state index in [1.165, 1.54) is 6.07 Å². The van der Waals surface area contributed by atoms with Gasteiger partial charge in [0.1, 0.15) is 11.9 Å². The number of fused-ring (bicyclic) bond motifs is 3. The van der Waals surface area contributed by atoms with Crippen molar-refractivity contribution in [3.8, 4) is 0 Å². The number of carbonyl (C=O) groups is 6. The molecule has 6 aliphatic heterocycles. The molecule has 0 saturated carbocycles. The molecule has 0 spiro atoms. The van der Waals surface area contributed by atoms with Gasteiger partial charge in [0.2, 0.25) is 17.8 Å². The minimum absolute atomic E-state index is 0.0191. The maximum atomic E-state index is 15.5. The zero-order chi connectivity index (χ0) is 45.9. The molecule has 3 aromatic carbocycles. The minimum Gasteiger partial charge on any atom is -0.367 e. The molecule has 6 amide bonds. The molecule has 5 aromatic rings. The van der Waals surface area contributed by atoms with Crippen LogP contribution in [0.25, 0.3) is 33.0 Å². The van der Waals surface area contributed by atoms with Crippen molar-refractivity contribution < 1.29 is 33.2 Å². The van der Waals surface area contributed by atoms with Crippen molar-refractivity contribution in [3.63, 3.8) is 0 Å². The van der Waals surface area contributed by atoms with Crippen LogP contribution in [0.3, 0.4) is 0 Å². The number of rotatable bonds is 10. The SMILES string of the molecule is O=C1CCC(N2C(=O)c3cc(F)c(N4CCN(CC5CCN(CCN6CCN(c7nc(C8=C(c9c[nH]c%10ccccc9%10)C(=O)NC8=O)c8ccccc8n7)CC6)CC5)CC4)cc3C2=O)C(=O)N1. The summed E-state index contributed by atoms with van der Waals surface area (Å²) in [5, 5.41) is 6.28. The predicted molar refractivity (Wildman–Crippen MR) is 247 cm³/mol. The van der Waals surface area contributed by atoms with E-state index in [1.54, 1.807) is 6.20 Å². The first-order valence-electron chi connectivity index (χ1n) is 23.2. The number of amides is 6. The molecule has 8 heterocycles. The third kappa shape index (κ3) is 7.91. The monoisotopic (exact) mass is 907 g/mol. The topological polar surface area (TPSA) is 187 Å². The highest BCUT2D eigenvalue weighted by Crippen LogP contribution is 2.38. The Morgan fingerprint density at radius 3 is 2.01 bits per heavy atom. The van der Waals surface area contributed by atoms with E-state index in [0.717, 1.165) is 107 Å². The number of benzene rings is 3. The van der Waals surface area contributed by atoms with Crippen LogP contribution in [-0.2, 0) is 19.2 Å². The Kier molecular flexibility index (Phi) is 11.1. The first-order chi connectivity index (χ1) is 32.6. The average Bonchev–Trinajstić information content (AvgIpc) is 3.97. The van der Waals surface area contributed by atoms with E-state index in [-0.39, 0.29) is 35.2 Å². The van der Waals surface area contributed by atoms with Crippen LogP contribution in [0.4, 0.5) is 16.0 Å². The highest BCUT2D eigenvalue weighted by atomic mass is 19.1. The standard InChI is InChI=1S/C49H50FN11O6/c50-35-25-32-33(48(67)61(47(32)66)38-9-10-40(62)53-44(38)63)26-39(35)59-21-19-58(20-22-59)28-29-11-13-56(14-12-29)15-16-57-17-23-60(24-18-57)49-52-37-8-4-2-6-31(37)43(54-49)42-41(45(64)55-46(42)65)34-27-51-36-7-3-1-5-30(34)36/h1-8,25-27,29,38,51H,9-24,28H2,(H,53,62,63)(H,55,64,65). The number of carbonyl (C=O) groups excluding carboxylic acids is 6. The van der Waals surface area contributed by atoms with Gasteiger partial charge in [0, 0.05) is 106 Å². The van der Waals surface area contributed by atoms with Crippen molar-refractivity contribution in [3.05, 3.63) is 95.1 Å². The van der Waals surface area contributed by atoms with E-state index in [9.17, 15) is 28.8 Å². The third-order valence-electron chi connectivity index (χ3n) is 14.4. The second-order valence-corrected chi connectivity index (χ2v) is 18.4. The fourth-order valence-corrected chi connectivity index (χ4v) is 10.7. The summed E-state index contributed by atoms with van der Waals surface area (Å²) in [6.45, 7) is 10.8. The van der Waals surface area contributed by atoms with Crippen molar-refractivity contribution in [1.82, 2.24) is 45.2 Å². The van der Waals surface area contributed by atoms with Crippen LogP contribution in [0.15, 0.2) is 66.9 Å². The van der Waals surface area contributed by atoms with E-state index in [4.69, 9.17) is 9.97 Å². The van der Waals surface area contributed by atoms with Crippen molar-refractivity contribution in [2.75, 3.05) is 94.9 Å². The Labute approximate surface area is 384 Å². The Hall–Kier alpha value is -6.89. The first-order valence-corrected chi connectivity index (χ1v) is 23.2. The molecule has 1 atom stereocenters. The highest BCUT2D eigenvalue weighted by molar-refractivity contribution is 6.50. The van der Waals surface area contributed by atoms with Gasteiger partial charge in [-0.05, 0) is 62.5 Å². The number of aromatic nitrogens is 3. The Balaban J connectivity index is 0.662. The Morgan fingerprint density at radius 1 is 0.627 bits per heavy atom. The van der Waals surface area contributed by atoms with Crippen LogP contribution < -0.4 is 20.4 Å². The lowest BCUT2D eigenvalue weighted by atomic mass is 9.96. The molecule has 11 rings (SSSR count). The van der Waals surface area contributed by atoms with Crippen molar-refractivity contribution in [2.45, 2.75) is 31.7 Å². The van der Waals surface area contributed by atoms with Gasteiger partial charge in [-0.25, -0.2) is 14.4 Å². The van der Waals surface area contributed by atoms with Crippen LogP contribution in [0.1, 0.15) is 57.7 Å². The van der Waals surface area contributed by atoms with E-state index in [2.05, 4.69) is 35.2 Å². The molecule has 4 saturated heterocycles. The summed E-state index contributed by atoms with van der Waals surface area (Å²) in [6, 6.07) is 16.8. The van der Waals surface area contributed by atoms with Crippen LogP contribution in [0, 0.1) is 11.7 Å². The van der Waals surface area contributed by atoms with Gasteiger partial charge >= 0.3 is 0 Å². The van der Waals surface area contributed by atoms with Crippen molar-refractivity contribution in [2.24, 2.45) is 5.92 Å². The first kappa shape index (κ1) is 42.7.